The van der Waals surface area contributed by atoms with Crippen LogP contribution in [0, 0.1) is 0 Å². The standard InChI is InChI=1S/C11H15N5/c12-9-2-1-6-15(8-9)11-10-3-4-14-16(10)7-5-13-11/h3-5,7,9H,1-2,6,8,12H2. The monoisotopic (exact) mass is 217 g/mol. The number of hydrogen-bond acceptors (Lipinski definition) is 4. The number of piperidine rings is 1. The predicted octanol–water partition coefficient (Wildman–Crippen LogP) is 0.657. The number of anilines is 1. The van der Waals surface area contributed by atoms with Crippen molar-refractivity contribution in [3.63, 3.8) is 0 Å². The molecule has 84 valence electrons. The zero-order chi connectivity index (χ0) is 11.0. The van der Waals surface area contributed by atoms with E-state index in [0.717, 1.165) is 37.3 Å². The van der Waals surface area contributed by atoms with Crippen molar-refractivity contribution in [2.24, 2.45) is 5.73 Å². The molecule has 0 aliphatic carbocycles. The van der Waals surface area contributed by atoms with Gasteiger partial charge in [0.05, 0.1) is 6.20 Å². The summed E-state index contributed by atoms with van der Waals surface area (Å²) in [6.45, 7) is 1.92. The Morgan fingerprint density at radius 3 is 3.19 bits per heavy atom. The van der Waals surface area contributed by atoms with E-state index in [0.29, 0.717) is 0 Å². The summed E-state index contributed by atoms with van der Waals surface area (Å²) >= 11 is 0. The molecule has 2 aromatic rings. The van der Waals surface area contributed by atoms with E-state index in [1.807, 2.05) is 16.8 Å². The summed E-state index contributed by atoms with van der Waals surface area (Å²) in [5, 5.41) is 4.21. The van der Waals surface area contributed by atoms with Gasteiger partial charge < -0.3 is 10.6 Å². The van der Waals surface area contributed by atoms with Crippen molar-refractivity contribution in [1.29, 1.82) is 0 Å². The molecule has 0 radical (unpaired) electrons. The predicted molar refractivity (Wildman–Crippen MR) is 62.4 cm³/mol. The van der Waals surface area contributed by atoms with E-state index in [4.69, 9.17) is 5.73 Å². The van der Waals surface area contributed by atoms with Gasteiger partial charge in [-0.05, 0) is 18.9 Å². The van der Waals surface area contributed by atoms with E-state index in [-0.39, 0.29) is 6.04 Å². The summed E-state index contributed by atoms with van der Waals surface area (Å²) in [6, 6.07) is 2.25. The fraction of sp³-hybridized carbons (Fsp3) is 0.455. The van der Waals surface area contributed by atoms with Crippen LogP contribution in [0.1, 0.15) is 12.8 Å². The molecule has 0 amide bonds. The molecule has 0 bridgehead atoms. The Labute approximate surface area is 93.9 Å². The molecule has 1 saturated heterocycles. The van der Waals surface area contributed by atoms with Gasteiger partial charge in [0.2, 0.25) is 0 Å². The maximum atomic E-state index is 5.99. The van der Waals surface area contributed by atoms with Gasteiger partial charge in [-0.25, -0.2) is 9.50 Å². The quantitative estimate of drug-likeness (QED) is 0.762. The maximum Gasteiger partial charge on any atom is 0.154 e. The van der Waals surface area contributed by atoms with E-state index in [9.17, 15) is 0 Å². The second-order valence-electron chi connectivity index (χ2n) is 4.26. The number of nitrogens with two attached hydrogens (primary N) is 1. The summed E-state index contributed by atoms with van der Waals surface area (Å²) in [5.41, 5.74) is 7.04. The topological polar surface area (TPSA) is 59.5 Å². The Morgan fingerprint density at radius 1 is 1.38 bits per heavy atom. The molecule has 16 heavy (non-hydrogen) atoms. The van der Waals surface area contributed by atoms with Crippen molar-refractivity contribution in [1.82, 2.24) is 14.6 Å². The molecule has 0 aromatic carbocycles. The molecule has 1 atom stereocenters. The van der Waals surface area contributed by atoms with E-state index < -0.39 is 0 Å². The molecule has 2 aromatic heterocycles. The van der Waals surface area contributed by atoms with E-state index in [1.165, 1.54) is 0 Å². The molecule has 3 rings (SSSR count). The van der Waals surface area contributed by atoms with Gasteiger partial charge in [-0.15, -0.1) is 0 Å². The van der Waals surface area contributed by atoms with Crippen molar-refractivity contribution < 1.29 is 0 Å². The van der Waals surface area contributed by atoms with Gasteiger partial charge in [0.15, 0.2) is 5.82 Å². The zero-order valence-electron chi connectivity index (χ0n) is 9.08. The lowest BCUT2D eigenvalue weighted by atomic mass is 10.1. The Kier molecular flexibility index (Phi) is 2.25. The summed E-state index contributed by atoms with van der Waals surface area (Å²) in [5.74, 6) is 0.996. The number of fused-ring (bicyclic) bond motifs is 1. The number of aromatic nitrogens is 3. The number of hydrogen-bond donors (Lipinski definition) is 1. The van der Waals surface area contributed by atoms with Gasteiger partial charge in [-0.2, -0.15) is 5.10 Å². The molecule has 1 aliphatic rings. The minimum Gasteiger partial charge on any atom is -0.353 e. The summed E-state index contributed by atoms with van der Waals surface area (Å²) in [4.78, 5) is 6.70. The van der Waals surface area contributed by atoms with Crippen LogP contribution in [0.15, 0.2) is 24.7 Å². The average molecular weight is 217 g/mol. The van der Waals surface area contributed by atoms with Crippen LogP contribution in [0.4, 0.5) is 5.82 Å². The molecule has 0 spiro atoms. The van der Waals surface area contributed by atoms with Crippen LogP contribution in [0.25, 0.3) is 5.52 Å². The Morgan fingerprint density at radius 2 is 2.31 bits per heavy atom. The third kappa shape index (κ3) is 1.53. The van der Waals surface area contributed by atoms with E-state index >= 15 is 0 Å². The molecule has 5 nitrogen and oxygen atoms in total. The Bertz CT molecular complexity index is 492. The van der Waals surface area contributed by atoms with Crippen LogP contribution < -0.4 is 10.6 Å². The van der Waals surface area contributed by atoms with Crippen molar-refractivity contribution in [2.45, 2.75) is 18.9 Å². The van der Waals surface area contributed by atoms with E-state index in [2.05, 4.69) is 15.0 Å². The first-order valence-electron chi connectivity index (χ1n) is 5.63. The lowest BCUT2D eigenvalue weighted by Gasteiger charge is -2.31. The fourth-order valence-electron chi connectivity index (χ4n) is 2.29. The molecule has 5 heteroatoms. The number of rotatable bonds is 1. The van der Waals surface area contributed by atoms with E-state index in [1.54, 1.807) is 12.4 Å². The highest BCUT2D eigenvalue weighted by molar-refractivity contribution is 5.68. The van der Waals surface area contributed by atoms with Crippen LogP contribution in [0.2, 0.25) is 0 Å². The van der Waals surface area contributed by atoms with Gasteiger partial charge in [0, 0.05) is 31.5 Å². The highest BCUT2D eigenvalue weighted by atomic mass is 15.3. The molecule has 1 fully saturated rings. The van der Waals surface area contributed by atoms with Crippen molar-refractivity contribution in [3.8, 4) is 0 Å². The third-order valence-corrected chi connectivity index (χ3v) is 3.06. The van der Waals surface area contributed by atoms with Crippen LogP contribution in [0.3, 0.4) is 0 Å². The van der Waals surface area contributed by atoms with Crippen molar-refractivity contribution >= 4 is 11.3 Å². The summed E-state index contributed by atoms with van der Waals surface area (Å²) in [6.07, 6.45) is 7.69. The van der Waals surface area contributed by atoms with Crippen LogP contribution in [-0.4, -0.2) is 33.7 Å². The molecule has 3 heterocycles. The lowest BCUT2D eigenvalue weighted by Crippen LogP contribution is -2.43. The Balaban J connectivity index is 2.01. The first-order chi connectivity index (χ1) is 7.84. The first-order valence-corrected chi connectivity index (χ1v) is 5.63. The first kappa shape index (κ1) is 9.59. The second-order valence-corrected chi connectivity index (χ2v) is 4.26. The van der Waals surface area contributed by atoms with Gasteiger partial charge in [-0.3, -0.25) is 0 Å². The average Bonchev–Trinajstić information content (AvgIpc) is 2.76. The smallest absolute Gasteiger partial charge is 0.154 e. The largest absolute Gasteiger partial charge is 0.353 e. The third-order valence-electron chi connectivity index (χ3n) is 3.06. The highest BCUT2D eigenvalue weighted by Crippen LogP contribution is 2.21. The Hall–Kier alpha value is -1.62. The molecular weight excluding hydrogens is 202 g/mol. The van der Waals surface area contributed by atoms with Crippen LogP contribution >= 0.6 is 0 Å². The molecule has 2 N–H and O–H groups in total. The molecule has 0 saturated carbocycles. The van der Waals surface area contributed by atoms with Gasteiger partial charge in [0.1, 0.15) is 5.52 Å². The fourth-order valence-corrected chi connectivity index (χ4v) is 2.29. The summed E-state index contributed by atoms with van der Waals surface area (Å²) < 4.78 is 1.85. The molecule has 1 unspecified atom stereocenters. The van der Waals surface area contributed by atoms with Crippen molar-refractivity contribution in [3.05, 3.63) is 24.7 Å². The maximum absolute atomic E-state index is 5.99. The van der Waals surface area contributed by atoms with Crippen LogP contribution in [0.5, 0.6) is 0 Å². The second kappa shape index (κ2) is 3.75. The minimum absolute atomic E-state index is 0.263. The van der Waals surface area contributed by atoms with Crippen molar-refractivity contribution in [2.75, 3.05) is 18.0 Å². The minimum atomic E-state index is 0.263. The highest BCUT2D eigenvalue weighted by Gasteiger charge is 2.19. The van der Waals surface area contributed by atoms with Gasteiger partial charge >= 0.3 is 0 Å². The summed E-state index contributed by atoms with van der Waals surface area (Å²) in [7, 11) is 0. The SMILES string of the molecule is NC1CCCN(c2nccn3nccc23)C1. The number of nitrogens with zero attached hydrogens (tertiary/aromatic N) is 4. The molecule has 1 aliphatic heterocycles. The zero-order valence-corrected chi connectivity index (χ0v) is 9.08. The normalized spacial score (nSPS) is 21.6. The molecular formula is C11H15N5. The lowest BCUT2D eigenvalue weighted by molar-refractivity contribution is 0.503. The van der Waals surface area contributed by atoms with Gasteiger partial charge in [-0.1, -0.05) is 0 Å². The van der Waals surface area contributed by atoms with Crippen LogP contribution in [-0.2, 0) is 0 Å². The van der Waals surface area contributed by atoms with Gasteiger partial charge in [0.25, 0.3) is 0 Å².